The Kier molecular flexibility index (Phi) is 5.41. The van der Waals surface area contributed by atoms with Crippen molar-refractivity contribution in [1.29, 1.82) is 0 Å². The van der Waals surface area contributed by atoms with E-state index in [-0.39, 0.29) is 19.1 Å². The van der Waals surface area contributed by atoms with Crippen LogP contribution in [0.4, 0.5) is 0 Å². The zero-order valence-corrected chi connectivity index (χ0v) is 13.8. The van der Waals surface area contributed by atoms with Crippen LogP contribution in [0, 0.1) is 13.8 Å². The predicted octanol–water partition coefficient (Wildman–Crippen LogP) is 1.16. The Bertz CT molecular complexity index is 615. The second-order valence-corrected chi connectivity index (χ2v) is 5.62. The fraction of sp³-hybridized carbons (Fsp3) is 0.562. The third-order valence-corrected chi connectivity index (χ3v) is 4.00. The number of aromatic nitrogens is 1. The maximum atomic E-state index is 12.3. The number of aryl methyl sites for hydroxylation is 1. The average molecular weight is 321 g/mol. The van der Waals surface area contributed by atoms with Crippen LogP contribution in [0.3, 0.4) is 0 Å². The first-order valence-electron chi connectivity index (χ1n) is 7.88. The van der Waals surface area contributed by atoms with Crippen molar-refractivity contribution in [2.24, 2.45) is 0 Å². The lowest BCUT2D eigenvalue weighted by molar-refractivity contribution is -0.129. The normalized spacial score (nSPS) is 14.0. The van der Waals surface area contributed by atoms with Crippen molar-refractivity contribution in [2.45, 2.75) is 33.6 Å². The standard InChI is InChI=1S/C16H23N3O4/c1-4-23-16(22)13-10(2)14(18-11(13)3)15(21)17-9-12(20)19-7-5-6-8-19/h18H,4-9H2,1-3H3,(H,17,21). The first kappa shape index (κ1) is 17.1. The average Bonchev–Trinajstić information content (AvgIpc) is 3.13. The quantitative estimate of drug-likeness (QED) is 0.796. The number of rotatable bonds is 5. The second kappa shape index (κ2) is 7.30. The molecule has 2 amide bonds. The Morgan fingerprint density at radius 2 is 1.87 bits per heavy atom. The van der Waals surface area contributed by atoms with Crippen LogP contribution in [0.25, 0.3) is 0 Å². The molecule has 0 spiro atoms. The highest BCUT2D eigenvalue weighted by Gasteiger charge is 2.24. The van der Waals surface area contributed by atoms with Crippen molar-refractivity contribution in [2.75, 3.05) is 26.2 Å². The smallest absolute Gasteiger partial charge is 0.340 e. The van der Waals surface area contributed by atoms with E-state index in [2.05, 4.69) is 10.3 Å². The van der Waals surface area contributed by atoms with Crippen molar-refractivity contribution in [1.82, 2.24) is 15.2 Å². The summed E-state index contributed by atoms with van der Waals surface area (Å²) in [5, 5.41) is 2.61. The second-order valence-electron chi connectivity index (χ2n) is 5.62. The molecule has 0 unspecified atom stereocenters. The molecule has 1 aromatic heterocycles. The summed E-state index contributed by atoms with van der Waals surface area (Å²) in [5.74, 6) is -0.929. The van der Waals surface area contributed by atoms with Crippen molar-refractivity contribution in [3.63, 3.8) is 0 Å². The van der Waals surface area contributed by atoms with E-state index in [1.165, 1.54) is 0 Å². The van der Waals surface area contributed by atoms with E-state index in [0.29, 0.717) is 22.5 Å². The van der Waals surface area contributed by atoms with E-state index in [1.54, 1.807) is 25.7 Å². The molecule has 23 heavy (non-hydrogen) atoms. The van der Waals surface area contributed by atoms with Crippen LogP contribution in [-0.4, -0.2) is 53.9 Å². The van der Waals surface area contributed by atoms with Crippen molar-refractivity contribution >= 4 is 17.8 Å². The van der Waals surface area contributed by atoms with E-state index >= 15 is 0 Å². The first-order valence-corrected chi connectivity index (χ1v) is 7.88. The van der Waals surface area contributed by atoms with Crippen molar-refractivity contribution in [3.05, 3.63) is 22.5 Å². The van der Waals surface area contributed by atoms with Crippen LogP contribution in [-0.2, 0) is 9.53 Å². The van der Waals surface area contributed by atoms with E-state index in [0.717, 1.165) is 25.9 Å². The Labute approximate surface area is 135 Å². The van der Waals surface area contributed by atoms with Crippen LogP contribution in [0.1, 0.15) is 51.9 Å². The predicted molar refractivity (Wildman–Crippen MR) is 84.4 cm³/mol. The lowest BCUT2D eigenvalue weighted by Crippen LogP contribution is -2.38. The van der Waals surface area contributed by atoms with E-state index in [1.807, 2.05) is 0 Å². The molecule has 126 valence electrons. The molecule has 0 atom stereocenters. The fourth-order valence-corrected chi connectivity index (χ4v) is 2.81. The van der Waals surface area contributed by atoms with Crippen LogP contribution in [0.5, 0.6) is 0 Å². The molecule has 7 heteroatoms. The molecule has 0 radical (unpaired) electrons. The molecule has 0 aliphatic carbocycles. The van der Waals surface area contributed by atoms with Crippen LogP contribution in [0.15, 0.2) is 0 Å². The number of carbonyl (C=O) groups excluding carboxylic acids is 3. The van der Waals surface area contributed by atoms with E-state index < -0.39 is 11.9 Å². The number of aromatic amines is 1. The van der Waals surface area contributed by atoms with Gasteiger partial charge in [0.2, 0.25) is 5.91 Å². The van der Waals surface area contributed by atoms with Gasteiger partial charge in [0, 0.05) is 18.8 Å². The summed E-state index contributed by atoms with van der Waals surface area (Å²) < 4.78 is 5.00. The Morgan fingerprint density at radius 1 is 1.22 bits per heavy atom. The van der Waals surface area contributed by atoms with Gasteiger partial charge in [-0.2, -0.15) is 0 Å². The molecule has 1 aromatic rings. The van der Waals surface area contributed by atoms with Gasteiger partial charge in [-0.3, -0.25) is 9.59 Å². The SMILES string of the molecule is CCOC(=O)c1c(C)[nH]c(C(=O)NCC(=O)N2CCCC2)c1C. The molecule has 0 saturated carbocycles. The molecular weight excluding hydrogens is 298 g/mol. The number of nitrogens with zero attached hydrogens (tertiary/aromatic N) is 1. The van der Waals surface area contributed by atoms with Gasteiger partial charge in [-0.15, -0.1) is 0 Å². The number of hydrogen-bond donors (Lipinski definition) is 2. The highest BCUT2D eigenvalue weighted by Crippen LogP contribution is 2.19. The summed E-state index contributed by atoms with van der Waals surface area (Å²) in [6.45, 7) is 6.87. The summed E-state index contributed by atoms with van der Waals surface area (Å²) in [7, 11) is 0. The number of carbonyl (C=O) groups is 3. The van der Waals surface area contributed by atoms with Gasteiger partial charge in [-0.05, 0) is 39.2 Å². The molecule has 1 aliphatic heterocycles. The van der Waals surface area contributed by atoms with Gasteiger partial charge in [-0.1, -0.05) is 0 Å². The minimum atomic E-state index is -0.453. The summed E-state index contributed by atoms with van der Waals surface area (Å²) in [4.78, 5) is 40.8. The highest BCUT2D eigenvalue weighted by atomic mass is 16.5. The largest absolute Gasteiger partial charge is 0.462 e. The minimum Gasteiger partial charge on any atom is -0.462 e. The minimum absolute atomic E-state index is 0.0366. The van der Waals surface area contributed by atoms with E-state index in [9.17, 15) is 14.4 Å². The maximum Gasteiger partial charge on any atom is 0.340 e. The third-order valence-electron chi connectivity index (χ3n) is 4.00. The number of H-pyrrole nitrogens is 1. The molecular formula is C16H23N3O4. The first-order chi connectivity index (χ1) is 11.0. The Hall–Kier alpha value is -2.31. The van der Waals surface area contributed by atoms with Crippen molar-refractivity contribution < 1.29 is 19.1 Å². The van der Waals surface area contributed by atoms with Gasteiger partial charge in [0.1, 0.15) is 5.69 Å². The molecule has 2 rings (SSSR count). The molecule has 1 aliphatic rings. The number of hydrogen-bond acceptors (Lipinski definition) is 4. The zero-order valence-electron chi connectivity index (χ0n) is 13.8. The molecule has 1 fully saturated rings. The summed E-state index contributed by atoms with van der Waals surface area (Å²) in [6.07, 6.45) is 2.02. The van der Waals surface area contributed by atoms with Crippen molar-refractivity contribution in [3.8, 4) is 0 Å². The Balaban J connectivity index is 2.03. The molecule has 2 heterocycles. The highest BCUT2D eigenvalue weighted by molar-refractivity contribution is 6.01. The summed E-state index contributed by atoms with van der Waals surface area (Å²) >= 11 is 0. The Morgan fingerprint density at radius 3 is 2.48 bits per heavy atom. The maximum absolute atomic E-state index is 12.3. The molecule has 0 aromatic carbocycles. The van der Waals surface area contributed by atoms with Gasteiger partial charge < -0.3 is 19.9 Å². The summed E-state index contributed by atoms with van der Waals surface area (Å²) in [5.41, 5.74) is 1.78. The number of esters is 1. The van der Waals surface area contributed by atoms with Crippen LogP contribution in [0.2, 0.25) is 0 Å². The van der Waals surface area contributed by atoms with E-state index in [4.69, 9.17) is 4.74 Å². The number of amides is 2. The molecule has 1 saturated heterocycles. The van der Waals surface area contributed by atoms with Gasteiger partial charge in [0.25, 0.3) is 5.91 Å². The van der Waals surface area contributed by atoms with Gasteiger partial charge >= 0.3 is 5.97 Å². The van der Waals surface area contributed by atoms with Crippen LogP contribution >= 0.6 is 0 Å². The van der Waals surface area contributed by atoms with Gasteiger partial charge in [0.15, 0.2) is 0 Å². The lowest BCUT2D eigenvalue weighted by atomic mass is 10.1. The number of ether oxygens (including phenoxy) is 1. The molecule has 7 nitrogen and oxygen atoms in total. The monoisotopic (exact) mass is 321 g/mol. The van der Waals surface area contributed by atoms with Crippen LogP contribution < -0.4 is 5.32 Å². The lowest BCUT2D eigenvalue weighted by Gasteiger charge is -2.15. The third kappa shape index (κ3) is 3.72. The molecule has 2 N–H and O–H groups in total. The summed E-state index contributed by atoms with van der Waals surface area (Å²) in [6, 6.07) is 0. The van der Waals surface area contributed by atoms with Gasteiger partial charge in [0.05, 0.1) is 18.7 Å². The number of nitrogens with one attached hydrogen (secondary N) is 2. The van der Waals surface area contributed by atoms with Gasteiger partial charge in [-0.25, -0.2) is 4.79 Å². The fourth-order valence-electron chi connectivity index (χ4n) is 2.81. The number of likely N-dealkylation sites (tertiary alicyclic amines) is 1. The topological polar surface area (TPSA) is 91.5 Å². The zero-order chi connectivity index (χ0) is 17.0. The molecule has 0 bridgehead atoms.